The highest BCUT2D eigenvalue weighted by Crippen LogP contribution is 2.30. The first-order valence-corrected chi connectivity index (χ1v) is 7.56. The predicted octanol–water partition coefficient (Wildman–Crippen LogP) is 2.86. The van der Waals surface area contributed by atoms with E-state index in [1.807, 2.05) is 6.92 Å². The van der Waals surface area contributed by atoms with Gasteiger partial charge in [0.15, 0.2) is 0 Å². The Morgan fingerprint density at radius 1 is 1.38 bits per heavy atom. The number of nitrogens with zero attached hydrogens (tertiary/aromatic N) is 1. The average molecular weight is 289 g/mol. The summed E-state index contributed by atoms with van der Waals surface area (Å²) in [7, 11) is 1.37. The van der Waals surface area contributed by atoms with E-state index in [9.17, 15) is 9.59 Å². The van der Waals surface area contributed by atoms with Gasteiger partial charge in [-0.05, 0) is 30.9 Å². The molecule has 0 N–H and O–H groups in total. The molecular weight excluding hydrogens is 266 g/mol. The lowest BCUT2D eigenvalue weighted by molar-refractivity contribution is -0.150. The van der Waals surface area contributed by atoms with E-state index in [0.29, 0.717) is 12.8 Å². The molecule has 1 heterocycles. The molecule has 114 valence electrons. The molecule has 0 radical (unpaired) electrons. The van der Waals surface area contributed by atoms with Crippen LogP contribution < -0.4 is 0 Å². The zero-order valence-electron chi connectivity index (χ0n) is 13.0. The lowest BCUT2D eigenvalue weighted by Crippen LogP contribution is -2.40. The molecule has 1 fully saturated rings. The minimum atomic E-state index is -0.451. The normalized spacial score (nSPS) is 19.7. The van der Waals surface area contributed by atoms with Gasteiger partial charge >= 0.3 is 5.97 Å². The summed E-state index contributed by atoms with van der Waals surface area (Å²) in [6, 6.07) is 7.74. The van der Waals surface area contributed by atoms with Gasteiger partial charge in [-0.3, -0.25) is 4.79 Å². The Morgan fingerprint density at radius 3 is 2.62 bits per heavy atom. The standard InChI is InChI=1S/C17H23NO3/c1-4-5-13-6-8-14(9-7-13)12(2)18-15(17(20)21-3)10-11-16(18)19/h6-9,12,15H,4-5,10-11H2,1-3H3. The summed E-state index contributed by atoms with van der Waals surface area (Å²) in [6.07, 6.45) is 3.13. The minimum Gasteiger partial charge on any atom is -0.467 e. The molecule has 4 nitrogen and oxygen atoms in total. The fourth-order valence-electron chi connectivity index (χ4n) is 2.97. The van der Waals surface area contributed by atoms with Gasteiger partial charge in [0.25, 0.3) is 0 Å². The van der Waals surface area contributed by atoms with Gasteiger partial charge in [-0.2, -0.15) is 0 Å². The third kappa shape index (κ3) is 3.26. The van der Waals surface area contributed by atoms with Crippen molar-refractivity contribution in [2.45, 2.75) is 51.6 Å². The molecule has 21 heavy (non-hydrogen) atoms. The van der Waals surface area contributed by atoms with Crippen LogP contribution in [-0.4, -0.2) is 29.9 Å². The minimum absolute atomic E-state index is 0.0236. The molecule has 1 aliphatic heterocycles. The van der Waals surface area contributed by atoms with Crippen molar-refractivity contribution in [2.24, 2.45) is 0 Å². The van der Waals surface area contributed by atoms with E-state index in [1.165, 1.54) is 12.7 Å². The topological polar surface area (TPSA) is 46.6 Å². The zero-order valence-corrected chi connectivity index (χ0v) is 13.0. The Kier molecular flexibility index (Phi) is 4.99. The molecule has 0 bridgehead atoms. The molecule has 0 saturated carbocycles. The number of carbonyl (C=O) groups is 2. The van der Waals surface area contributed by atoms with Crippen LogP contribution in [0.15, 0.2) is 24.3 Å². The van der Waals surface area contributed by atoms with Gasteiger partial charge in [0, 0.05) is 6.42 Å². The number of rotatable bonds is 5. The largest absolute Gasteiger partial charge is 0.467 e. The SMILES string of the molecule is CCCc1ccc(C(C)N2C(=O)CCC2C(=O)OC)cc1. The number of hydrogen-bond donors (Lipinski definition) is 0. The maximum absolute atomic E-state index is 12.1. The molecule has 2 atom stereocenters. The summed E-state index contributed by atoms with van der Waals surface area (Å²) in [5, 5.41) is 0. The second-order valence-corrected chi connectivity index (χ2v) is 5.55. The second kappa shape index (κ2) is 6.74. The highest BCUT2D eigenvalue weighted by molar-refractivity contribution is 5.88. The van der Waals surface area contributed by atoms with Crippen molar-refractivity contribution in [3.63, 3.8) is 0 Å². The van der Waals surface area contributed by atoms with E-state index >= 15 is 0 Å². The van der Waals surface area contributed by atoms with Gasteiger partial charge in [0.2, 0.25) is 5.91 Å². The van der Waals surface area contributed by atoms with Crippen LogP contribution in [0, 0.1) is 0 Å². The lowest BCUT2D eigenvalue weighted by atomic mass is 10.0. The van der Waals surface area contributed by atoms with E-state index in [-0.39, 0.29) is 17.9 Å². The molecule has 1 amide bonds. The van der Waals surface area contributed by atoms with Crippen molar-refractivity contribution < 1.29 is 14.3 Å². The Bertz CT molecular complexity index is 509. The van der Waals surface area contributed by atoms with Crippen LogP contribution >= 0.6 is 0 Å². The smallest absolute Gasteiger partial charge is 0.328 e. The maximum atomic E-state index is 12.1. The Morgan fingerprint density at radius 2 is 2.05 bits per heavy atom. The van der Waals surface area contributed by atoms with Crippen molar-refractivity contribution in [1.82, 2.24) is 4.90 Å². The zero-order chi connectivity index (χ0) is 15.4. The molecule has 0 aliphatic carbocycles. The van der Waals surface area contributed by atoms with E-state index in [1.54, 1.807) is 4.90 Å². The van der Waals surface area contributed by atoms with Gasteiger partial charge < -0.3 is 9.64 Å². The summed E-state index contributed by atoms with van der Waals surface area (Å²) in [4.78, 5) is 25.6. The summed E-state index contributed by atoms with van der Waals surface area (Å²) in [5.41, 5.74) is 2.35. The Hall–Kier alpha value is -1.84. The molecule has 0 spiro atoms. The maximum Gasteiger partial charge on any atom is 0.328 e. The first-order chi connectivity index (χ1) is 10.1. The number of hydrogen-bond acceptors (Lipinski definition) is 3. The van der Waals surface area contributed by atoms with Gasteiger partial charge in [-0.15, -0.1) is 0 Å². The lowest BCUT2D eigenvalue weighted by Gasteiger charge is -2.29. The van der Waals surface area contributed by atoms with Crippen LogP contribution in [0.5, 0.6) is 0 Å². The van der Waals surface area contributed by atoms with Crippen molar-refractivity contribution in [2.75, 3.05) is 7.11 Å². The van der Waals surface area contributed by atoms with Crippen molar-refractivity contribution >= 4 is 11.9 Å². The van der Waals surface area contributed by atoms with Gasteiger partial charge in [-0.1, -0.05) is 37.6 Å². The fourth-order valence-corrected chi connectivity index (χ4v) is 2.97. The fraction of sp³-hybridized carbons (Fsp3) is 0.529. The van der Waals surface area contributed by atoms with E-state index in [4.69, 9.17) is 4.74 Å². The summed E-state index contributed by atoms with van der Waals surface area (Å²) in [6.45, 7) is 4.12. The molecule has 1 saturated heterocycles. The molecule has 2 unspecified atom stereocenters. The van der Waals surface area contributed by atoms with Gasteiger partial charge in [0.1, 0.15) is 6.04 Å². The molecule has 1 aliphatic rings. The number of esters is 1. The quantitative estimate of drug-likeness (QED) is 0.783. The van der Waals surface area contributed by atoms with Crippen LogP contribution in [0.4, 0.5) is 0 Å². The first kappa shape index (κ1) is 15.5. The molecule has 4 heteroatoms. The van der Waals surface area contributed by atoms with Gasteiger partial charge in [-0.25, -0.2) is 4.79 Å². The van der Waals surface area contributed by atoms with Crippen LogP contribution in [0.1, 0.15) is 50.3 Å². The second-order valence-electron chi connectivity index (χ2n) is 5.55. The van der Waals surface area contributed by atoms with Crippen molar-refractivity contribution in [3.8, 4) is 0 Å². The Labute approximate surface area is 126 Å². The molecule has 1 aromatic rings. The van der Waals surface area contributed by atoms with E-state index in [0.717, 1.165) is 18.4 Å². The van der Waals surface area contributed by atoms with Crippen LogP contribution in [-0.2, 0) is 20.7 Å². The summed E-state index contributed by atoms with van der Waals surface area (Å²) < 4.78 is 4.82. The van der Waals surface area contributed by atoms with Gasteiger partial charge in [0.05, 0.1) is 13.2 Å². The predicted molar refractivity (Wildman–Crippen MR) is 80.7 cm³/mol. The Balaban J connectivity index is 2.18. The van der Waals surface area contributed by atoms with E-state index < -0.39 is 6.04 Å². The number of amides is 1. The summed E-state index contributed by atoms with van der Waals surface area (Å²) in [5.74, 6) is -0.300. The number of carbonyl (C=O) groups excluding carboxylic acids is 2. The first-order valence-electron chi connectivity index (χ1n) is 7.56. The number of benzene rings is 1. The monoisotopic (exact) mass is 289 g/mol. The third-order valence-electron chi connectivity index (χ3n) is 4.15. The van der Waals surface area contributed by atoms with Crippen molar-refractivity contribution in [3.05, 3.63) is 35.4 Å². The van der Waals surface area contributed by atoms with Crippen LogP contribution in [0.2, 0.25) is 0 Å². The number of aryl methyl sites for hydroxylation is 1. The third-order valence-corrected chi connectivity index (χ3v) is 4.15. The summed E-state index contributed by atoms with van der Waals surface area (Å²) >= 11 is 0. The van der Waals surface area contributed by atoms with Crippen LogP contribution in [0.3, 0.4) is 0 Å². The number of methoxy groups -OCH3 is 1. The highest BCUT2D eigenvalue weighted by Gasteiger charge is 2.39. The highest BCUT2D eigenvalue weighted by atomic mass is 16.5. The van der Waals surface area contributed by atoms with Crippen LogP contribution in [0.25, 0.3) is 0 Å². The molecular formula is C17H23NO3. The average Bonchev–Trinajstić information content (AvgIpc) is 2.88. The van der Waals surface area contributed by atoms with Crippen molar-refractivity contribution in [1.29, 1.82) is 0 Å². The number of likely N-dealkylation sites (tertiary alicyclic amines) is 1. The molecule has 0 aromatic heterocycles. The number of ether oxygens (including phenoxy) is 1. The molecule has 2 rings (SSSR count). The molecule has 1 aromatic carbocycles. The van der Waals surface area contributed by atoms with E-state index in [2.05, 4.69) is 31.2 Å².